The Morgan fingerprint density at radius 2 is 1.86 bits per heavy atom. The van der Waals surface area contributed by atoms with Gasteiger partial charge in [0.2, 0.25) is 5.91 Å². The normalized spacial score (nSPS) is 25.3. The fourth-order valence-corrected chi connectivity index (χ4v) is 3.49. The first-order valence-corrected chi connectivity index (χ1v) is 8.09. The highest BCUT2D eigenvalue weighted by molar-refractivity contribution is 5.77. The van der Waals surface area contributed by atoms with Gasteiger partial charge in [0.1, 0.15) is 0 Å². The van der Waals surface area contributed by atoms with Crippen molar-refractivity contribution in [3.8, 4) is 0 Å². The second kappa shape index (κ2) is 7.05. The van der Waals surface area contributed by atoms with Crippen LogP contribution in [0.5, 0.6) is 0 Å². The third-order valence-corrected chi connectivity index (χ3v) is 4.68. The standard InChI is InChI=1S/C17H25N3O/c21-17-12-16(15-4-2-1-3-5-15)20(11-10-19-17)13-14-6-8-18-9-7-14/h1-5,14,16,18H,6-13H2,(H,19,21). The molecule has 1 amide bonds. The summed E-state index contributed by atoms with van der Waals surface area (Å²) in [6.45, 7) is 5.09. The molecule has 2 aliphatic rings. The third kappa shape index (κ3) is 3.83. The number of benzene rings is 1. The van der Waals surface area contributed by atoms with Crippen LogP contribution in [0.15, 0.2) is 30.3 Å². The van der Waals surface area contributed by atoms with E-state index in [1.165, 1.54) is 18.4 Å². The molecule has 0 aromatic heterocycles. The van der Waals surface area contributed by atoms with Crippen LogP contribution in [-0.2, 0) is 4.79 Å². The Kier molecular flexibility index (Phi) is 4.88. The molecule has 4 heteroatoms. The van der Waals surface area contributed by atoms with Gasteiger partial charge in [-0.1, -0.05) is 30.3 Å². The number of piperidine rings is 1. The lowest BCUT2D eigenvalue weighted by atomic mass is 9.95. The first-order chi connectivity index (χ1) is 10.3. The van der Waals surface area contributed by atoms with Crippen LogP contribution in [0.3, 0.4) is 0 Å². The Hall–Kier alpha value is -1.39. The summed E-state index contributed by atoms with van der Waals surface area (Å²) < 4.78 is 0. The highest BCUT2D eigenvalue weighted by Crippen LogP contribution is 2.27. The fourth-order valence-electron chi connectivity index (χ4n) is 3.49. The van der Waals surface area contributed by atoms with E-state index in [0.29, 0.717) is 6.42 Å². The molecule has 4 nitrogen and oxygen atoms in total. The lowest BCUT2D eigenvalue weighted by Crippen LogP contribution is -2.39. The van der Waals surface area contributed by atoms with E-state index in [4.69, 9.17) is 0 Å². The number of carbonyl (C=O) groups is 1. The molecular formula is C17H25N3O. The number of carbonyl (C=O) groups excluding carboxylic acids is 1. The quantitative estimate of drug-likeness (QED) is 0.886. The fraction of sp³-hybridized carbons (Fsp3) is 0.588. The van der Waals surface area contributed by atoms with Crippen LogP contribution in [0.25, 0.3) is 0 Å². The molecule has 114 valence electrons. The van der Waals surface area contributed by atoms with Gasteiger partial charge in [0.25, 0.3) is 0 Å². The molecule has 0 saturated carbocycles. The lowest BCUT2D eigenvalue weighted by molar-refractivity contribution is -0.121. The van der Waals surface area contributed by atoms with Crippen molar-refractivity contribution in [3.63, 3.8) is 0 Å². The molecule has 1 aromatic carbocycles. The molecule has 0 spiro atoms. The summed E-state index contributed by atoms with van der Waals surface area (Å²) in [5.41, 5.74) is 1.27. The van der Waals surface area contributed by atoms with Crippen LogP contribution < -0.4 is 10.6 Å². The molecule has 1 aromatic rings. The summed E-state index contributed by atoms with van der Waals surface area (Å²) in [5.74, 6) is 0.933. The Labute approximate surface area is 126 Å². The molecule has 1 unspecified atom stereocenters. The Morgan fingerprint density at radius 1 is 1.10 bits per heavy atom. The first-order valence-electron chi connectivity index (χ1n) is 8.09. The summed E-state index contributed by atoms with van der Waals surface area (Å²) in [4.78, 5) is 14.5. The minimum Gasteiger partial charge on any atom is -0.355 e. The molecule has 0 aliphatic carbocycles. The summed E-state index contributed by atoms with van der Waals surface area (Å²) in [6, 6.07) is 10.7. The Bertz CT molecular complexity index is 456. The predicted octanol–water partition coefficient (Wildman–Crippen LogP) is 1.55. The first kappa shape index (κ1) is 14.5. The van der Waals surface area contributed by atoms with Gasteiger partial charge in [0.15, 0.2) is 0 Å². The third-order valence-electron chi connectivity index (χ3n) is 4.68. The van der Waals surface area contributed by atoms with Crippen LogP contribution in [0, 0.1) is 5.92 Å². The molecule has 3 rings (SSSR count). The number of nitrogens with one attached hydrogen (secondary N) is 2. The average molecular weight is 287 g/mol. The minimum absolute atomic E-state index is 0.177. The van der Waals surface area contributed by atoms with Gasteiger partial charge in [-0.2, -0.15) is 0 Å². The van der Waals surface area contributed by atoms with E-state index in [2.05, 4.69) is 39.8 Å². The molecule has 2 saturated heterocycles. The summed E-state index contributed by atoms with van der Waals surface area (Å²) >= 11 is 0. The van der Waals surface area contributed by atoms with Gasteiger partial charge in [-0.3, -0.25) is 9.69 Å². The molecule has 2 fully saturated rings. The van der Waals surface area contributed by atoms with Crippen molar-refractivity contribution in [3.05, 3.63) is 35.9 Å². The zero-order valence-corrected chi connectivity index (χ0v) is 12.6. The summed E-state index contributed by atoms with van der Waals surface area (Å²) in [6.07, 6.45) is 3.08. The van der Waals surface area contributed by atoms with Gasteiger partial charge in [0.05, 0.1) is 0 Å². The molecule has 0 bridgehead atoms. The summed E-state index contributed by atoms with van der Waals surface area (Å²) in [7, 11) is 0. The molecule has 2 heterocycles. The van der Waals surface area contributed by atoms with Gasteiger partial charge < -0.3 is 10.6 Å². The maximum Gasteiger partial charge on any atom is 0.221 e. The van der Waals surface area contributed by atoms with E-state index < -0.39 is 0 Å². The highest BCUT2D eigenvalue weighted by Gasteiger charge is 2.28. The minimum atomic E-state index is 0.177. The Morgan fingerprint density at radius 3 is 2.62 bits per heavy atom. The lowest BCUT2D eigenvalue weighted by Gasteiger charge is -2.34. The molecule has 0 radical (unpaired) electrons. The number of nitrogens with zero attached hydrogens (tertiary/aromatic N) is 1. The van der Waals surface area contributed by atoms with Crippen LogP contribution in [-0.4, -0.2) is 43.5 Å². The van der Waals surface area contributed by atoms with E-state index in [1.807, 2.05) is 6.07 Å². The largest absolute Gasteiger partial charge is 0.355 e. The van der Waals surface area contributed by atoms with Crippen LogP contribution in [0.4, 0.5) is 0 Å². The van der Waals surface area contributed by atoms with Crippen molar-refractivity contribution < 1.29 is 4.79 Å². The second-order valence-electron chi connectivity index (χ2n) is 6.17. The zero-order chi connectivity index (χ0) is 14.5. The number of amides is 1. The van der Waals surface area contributed by atoms with E-state index in [-0.39, 0.29) is 11.9 Å². The zero-order valence-electron chi connectivity index (χ0n) is 12.6. The topological polar surface area (TPSA) is 44.4 Å². The molecule has 21 heavy (non-hydrogen) atoms. The second-order valence-corrected chi connectivity index (χ2v) is 6.17. The number of hydrogen-bond donors (Lipinski definition) is 2. The van der Waals surface area contributed by atoms with Crippen molar-refractivity contribution >= 4 is 5.91 Å². The maximum atomic E-state index is 12.0. The maximum absolute atomic E-state index is 12.0. The SMILES string of the molecule is O=C1CC(c2ccccc2)N(CC2CCNCC2)CCN1. The molecular weight excluding hydrogens is 262 g/mol. The van der Waals surface area contributed by atoms with E-state index in [9.17, 15) is 4.79 Å². The average Bonchev–Trinajstić information content (AvgIpc) is 2.71. The number of hydrogen-bond acceptors (Lipinski definition) is 3. The molecule has 2 N–H and O–H groups in total. The van der Waals surface area contributed by atoms with E-state index >= 15 is 0 Å². The van der Waals surface area contributed by atoms with Crippen molar-refractivity contribution in [1.29, 1.82) is 0 Å². The van der Waals surface area contributed by atoms with Crippen LogP contribution in [0.2, 0.25) is 0 Å². The van der Waals surface area contributed by atoms with Gasteiger partial charge in [-0.05, 0) is 37.4 Å². The van der Waals surface area contributed by atoms with E-state index in [1.54, 1.807) is 0 Å². The Balaban J connectivity index is 1.75. The van der Waals surface area contributed by atoms with Crippen LogP contribution >= 0.6 is 0 Å². The van der Waals surface area contributed by atoms with Gasteiger partial charge in [-0.25, -0.2) is 0 Å². The van der Waals surface area contributed by atoms with Crippen molar-refractivity contribution in [2.24, 2.45) is 5.92 Å². The van der Waals surface area contributed by atoms with Gasteiger partial charge in [0, 0.05) is 32.1 Å². The van der Waals surface area contributed by atoms with Crippen molar-refractivity contribution in [1.82, 2.24) is 15.5 Å². The number of rotatable bonds is 3. The van der Waals surface area contributed by atoms with Crippen LogP contribution in [0.1, 0.15) is 30.9 Å². The molecule has 2 aliphatic heterocycles. The summed E-state index contributed by atoms with van der Waals surface area (Å²) in [5, 5.41) is 6.45. The van der Waals surface area contributed by atoms with Gasteiger partial charge >= 0.3 is 0 Å². The smallest absolute Gasteiger partial charge is 0.221 e. The predicted molar refractivity (Wildman–Crippen MR) is 84.0 cm³/mol. The molecule has 1 atom stereocenters. The van der Waals surface area contributed by atoms with Crippen molar-refractivity contribution in [2.75, 3.05) is 32.7 Å². The van der Waals surface area contributed by atoms with Gasteiger partial charge in [-0.15, -0.1) is 0 Å². The highest BCUT2D eigenvalue weighted by atomic mass is 16.1. The van der Waals surface area contributed by atoms with Crippen molar-refractivity contribution in [2.45, 2.75) is 25.3 Å². The van der Waals surface area contributed by atoms with E-state index in [0.717, 1.165) is 38.6 Å². The monoisotopic (exact) mass is 287 g/mol.